The van der Waals surface area contributed by atoms with Crippen LogP contribution in [-0.2, 0) is 16.0 Å². The average molecular weight is 558 g/mol. The maximum absolute atomic E-state index is 12.9. The normalized spacial score (nSPS) is 16.2. The van der Waals surface area contributed by atoms with E-state index in [4.69, 9.17) is 9.47 Å². The lowest BCUT2D eigenvalue weighted by Crippen LogP contribution is -2.43. The molecule has 3 aromatic rings. The van der Waals surface area contributed by atoms with Crippen molar-refractivity contribution in [2.75, 3.05) is 25.0 Å². The van der Waals surface area contributed by atoms with Gasteiger partial charge in [-0.3, -0.25) is 14.9 Å². The Morgan fingerprint density at radius 2 is 1.87 bits per heavy atom. The Kier molecular flexibility index (Phi) is 8.51. The molecule has 0 bridgehead atoms. The first-order chi connectivity index (χ1) is 18.5. The predicted octanol–water partition coefficient (Wildman–Crippen LogP) is 2.80. The van der Waals surface area contributed by atoms with E-state index in [1.807, 2.05) is 12.1 Å². The fraction of sp³-hybridized carbons (Fsp3) is 0.385. The maximum Gasteiger partial charge on any atom is 0.410 e. The van der Waals surface area contributed by atoms with Crippen LogP contribution >= 0.6 is 11.8 Å². The summed E-state index contributed by atoms with van der Waals surface area (Å²) in [5, 5.41) is 14.9. The quantitative estimate of drug-likeness (QED) is 0.252. The molecule has 1 aliphatic heterocycles. The number of anilines is 1. The van der Waals surface area contributed by atoms with Crippen LogP contribution in [0.2, 0.25) is 0 Å². The van der Waals surface area contributed by atoms with Crippen molar-refractivity contribution in [2.45, 2.75) is 44.3 Å². The Bertz CT molecular complexity index is 1400. The molecular formula is C26H31N5O7S. The number of aromatic nitrogens is 2. The van der Waals surface area contributed by atoms with E-state index in [0.29, 0.717) is 28.9 Å². The van der Waals surface area contributed by atoms with Crippen molar-refractivity contribution in [3.63, 3.8) is 0 Å². The summed E-state index contributed by atoms with van der Waals surface area (Å²) in [6, 6.07) is 12.4. The van der Waals surface area contributed by atoms with Gasteiger partial charge in [-0.15, -0.1) is 0 Å². The summed E-state index contributed by atoms with van der Waals surface area (Å²) in [4.78, 5) is 54.4. The third-order valence-electron chi connectivity index (χ3n) is 5.64. The number of imide groups is 1. The fourth-order valence-corrected chi connectivity index (χ4v) is 4.60. The van der Waals surface area contributed by atoms with Crippen LogP contribution in [0.1, 0.15) is 26.3 Å². The minimum atomic E-state index is -1.03. The molecule has 12 nitrogen and oxygen atoms in total. The van der Waals surface area contributed by atoms with Gasteiger partial charge in [0.05, 0.1) is 12.1 Å². The van der Waals surface area contributed by atoms with Crippen LogP contribution in [-0.4, -0.2) is 74.0 Å². The molecule has 2 heterocycles. The molecule has 4 rings (SSSR count). The topological polar surface area (TPSA) is 166 Å². The van der Waals surface area contributed by atoms with Crippen LogP contribution < -0.4 is 21.1 Å². The van der Waals surface area contributed by atoms with Crippen molar-refractivity contribution < 1.29 is 29.0 Å². The molecule has 3 amide bonds. The average Bonchev–Trinajstić information content (AvgIpc) is 3.40. The lowest BCUT2D eigenvalue weighted by Gasteiger charge is -2.29. The first-order valence-corrected chi connectivity index (χ1v) is 13.2. The van der Waals surface area contributed by atoms with Crippen molar-refractivity contribution in [1.82, 2.24) is 20.2 Å². The zero-order valence-electron chi connectivity index (χ0n) is 21.8. The van der Waals surface area contributed by atoms with Gasteiger partial charge < -0.3 is 34.8 Å². The third-order valence-corrected chi connectivity index (χ3v) is 6.52. The standard InChI is InChI=1S/C26H31N5O7S/c1-26(2,3)38-25(36)31(13-17(32)14-37-19-6-4-5-18-20(19)29-23(34)28-18)12-11-15-7-9-16(10-8-15)27-22-21(33)30-24(35)39-22/h4-10,17,22,27,32H,11-14H2,1-3H3,(H2,28,29,34)(H,30,33,35)/t17-,22?/m1/s1. The van der Waals surface area contributed by atoms with E-state index in [0.717, 1.165) is 17.3 Å². The lowest BCUT2D eigenvalue weighted by molar-refractivity contribution is -0.118. The van der Waals surface area contributed by atoms with E-state index in [9.17, 15) is 24.3 Å². The van der Waals surface area contributed by atoms with E-state index in [1.54, 1.807) is 51.1 Å². The number of H-pyrrole nitrogens is 2. The summed E-state index contributed by atoms with van der Waals surface area (Å²) in [5.41, 5.74) is 1.60. The summed E-state index contributed by atoms with van der Waals surface area (Å²) < 4.78 is 11.3. The molecule has 1 saturated heterocycles. The van der Waals surface area contributed by atoms with Crippen LogP contribution in [0.15, 0.2) is 47.3 Å². The predicted molar refractivity (Wildman–Crippen MR) is 147 cm³/mol. The molecule has 0 saturated carbocycles. The van der Waals surface area contributed by atoms with E-state index in [-0.39, 0.29) is 36.5 Å². The van der Waals surface area contributed by atoms with E-state index >= 15 is 0 Å². The summed E-state index contributed by atoms with van der Waals surface area (Å²) >= 11 is 0.884. The Hall–Kier alpha value is -3.97. The molecule has 0 spiro atoms. The van der Waals surface area contributed by atoms with Crippen LogP contribution in [0.3, 0.4) is 0 Å². The molecule has 5 N–H and O–H groups in total. The van der Waals surface area contributed by atoms with Gasteiger partial charge >= 0.3 is 11.8 Å². The number of thioether (sulfide) groups is 1. The molecule has 39 heavy (non-hydrogen) atoms. The summed E-state index contributed by atoms with van der Waals surface area (Å²) in [5.74, 6) is 0.0166. The Morgan fingerprint density at radius 3 is 2.54 bits per heavy atom. The van der Waals surface area contributed by atoms with Gasteiger partial charge in [-0.25, -0.2) is 9.59 Å². The first-order valence-electron chi connectivity index (χ1n) is 12.3. The van der Waals surface area contributed by atoms with Crippen LogP contribution in [0.4, 0.5) is 15.3 Å². The van der Waals surface area contributed by atoms with Gasteiger partial charge in [-0.1, -0.05) is 18.2 Å². The molecule has 1 aromatic heterocycles. The first kappa shape index (κ1) is 28.0. The number of fused-ring (bicyclic) bond motifs is 1. The van der Waals surface area contributed by atoms with Crippen LogP contribution in [0.5, 0.6) is 5.75 Å². The number of imidazole rings is 1. The molecule has 0 aliphatic carbocycles. The number of nitrogens with zero attached hydrogens (tertiary/aromatic N) is 1. The summed E-state index contributed by atoms with van der Waals surface area (Å²) in [6.07, 6.45) is -1.11. The van der Waals surface area contributed by atoms with E-state index < -0.39 is 23.2 Å². The molecule has 1 aliphatic rings. The van der Waals surface area contributed by atoms with Gasteiger partial charge in [0, 0.05) is 12.2 Å². The number of ether oxygens (including phenoxy) is 2. The number of aromatic amines is 2. The number of hydrogen-bond acceptors (Lipinski definition) is 9. The highest BCUT2D eigenvalue weighted by atomic mass is 32.2. The van der Waals surface area contributed by atoms with Gasteiger partial charge in [0.25, 0.3) is 11.1 Å². The lowest BCUT2D eigenvalue weighted by atomic mass is 10.1. The monoisotopic (exact) mass is 557 g/mol. The molecule has 208 valence electrons. The number of carbonyl (C=O) groups is 3. The van der Waals surface area contributed by atoms with Gasteiger partial charge in [-0.05, 0) is 68.8 Å². The Labute approximate surface area is 228 Å². The van der Waals surface area contributed by atoms with Crippen molar-refractivity contribution >= 4 is 45.7 Å². The Balaban J connectivity index is 1.36. The van der Waals surface area contributed by atoms with Crippen molar-refractivity contribution in [1.29, 1.82) is 0 Å². The zero-order chi connectivity index (χ0) is 28.2. The minimum Gasteiger partial charge on any atom is -0.489 e. The maximum atomic E-state index is 12.9. The van der Waals surface area contributed by atoms with Crippen LogP contribution in [0.25, 0.3) is 11.0 Å². The third kappa shape index (κ3) is 7.77. The minimum absolute atomic E-state index is 0.0315. The van der Waals surface area contributed by atoms with Gasteiger partial charge in [0.15, 0.2) is 5.37 Å². The van der Waals surface area contributed by atoms with Crippen molar-refractivity contribution in [3.05, 3.63) is 58.5 Å². The zero-order valence-corrected chi connectivity index (χ0v) is 22.6. The Morgan fingerprint density at radius 1 is 1.13 bits per heavy atom. The van der Waals surface area contributed by atoms with E-state index in [2.05, 4.69) is 20.6 Å². The highest BCUT2D eigenvalue weighted by Gasteiger charge is 2.31. The molecule has 1 fully saturated rings. The number of nitrogens with one attached hydrogen (secondary N) is 4. The molecular weight excluding hydrogens is 526 g/mol. The van der Waals surface area contributed by atoms with Gasteiger partial charge in [0.1, 0.15) is 29.6 Å². The highest BCUT2D eigenvalue weighted by Crippen LogP contribution is 2.23. The second-order valence-corrected chi connectivity index (χ2v) is 11.1. The number of aliphatic hydroxyl groups excluding tert-OH is 1. The fourth-order valence-electron chi connectivity index (χ4n) is 3.86. The molecule has 2 aromatic carbocycles. The second kappa shape index (κ2) is 11.8. The number of benzene rings is 2. The van der Waals surface area contributed by atoms with E-state index in [1.165, 1.54) is 4.90 Å². The van der Waals surface area contributed by atoms with Crippen molar-refractivity contribution in [2.24, 2.45) is 0 Å². The summed E-state index contributed by atoms with van der Waals surface area (Å²) in [7, 11) is 0. The highest BCUT2D eigenvalue weighted by molar-refractivity contribution is 8.15. The number of hydrogen-bond donors (Lipinski definition) is 5. The number of amides is 3. The van der Waals surface area contributed by atoms with Crippen molar-refractivity contribution in [3.8, 4) is 5.75 Å². The van der Waals surface area contributed by atoms with Crippen LogP contribution in [0, 0.1) is 0 Å². The molecule has 13 heteroatoms. The number of aliphatic hydroxyl groups is 1. The van der Waals surface area contributed by atoms with Gasteiger partial charge in [0.2, 0.25) is 0 Å². The second-order valence-electron chi connectivity index (χ2n) is 10.0. The van der Waals surface area contributed by atoms with Gasteiger partial charge in [-0.2, -0.15) is 0 Å². The molecule has 1 unspecified atom stereocenters. The molecule has 0 radical (unpaired) electrons. The number of rotatable bonds is 10. The number of carbonyl (C=O) groups excluding carboxylic acids is 3. The smallest absolute Gasteiger partial charge is 0.410 e. The largest absolute Gasteiger partial charge is 0.489 e. The number of para-hydroxylation sites is 1. The SMILES string of the molecule is CC(C)(C)OC(=O)N(CCc1ccc(NC2SC(=O)NC2=O)cc1)C[C@@H](O)COc1cccc2[nH]c(=O)[nH]c12. The summed E-state index contributed by atoms with van der Waals surface area (Å²) in [6.45, 7) is 5.43. The molecule has 2 atom stereocenters.